The van der Waals surface area contributed by atoms with Gasteiger partial charge < -0.3 is 14.8 Å². The first kappa shape index (κ1) is 19.1. The van der Waals surface area contributed by atoms with Gasteiger partial charge in [-0.1, -0.05) is 6.07 Å². The molecule has 1 aromatic heterocycles. The van der Waals surface area contributed by atoms with Gasteiger partial charge in [0.15, 0.2) is 5.82 Å². The topological polar surface area (TPSA) is 91.2 Å². The Hall–Kier alpha value is -3.68. The molecular weight excluding hydrogens is 358 g/mol. The van der Waals surface area contributed by atoms with Crippen molar-refractivity contribution in [1.82, 2.24) is 20.2 Å². The van der Waals surface area contributed by atoms with Gasteiger partial charge in [0.25, 0.3) is 0 Å². The number of methoxy groups -OCH3 is 2. The smallest absolute Gasteiger partial charge is 0.248 e. The summed E-state index contributed by atoms with van der Waals surface area (Å²) in [7, 11) is 3.16. The molecule has 0 unspecified atom stereocenters. The molecule has 0 spiro atoms. The lowest BCUT2D eigenvalue weighted by atomic mass is 10.1. The first-order chi connectivity index (χ1) is 13.5. The van der Waals surface area contributed by atoms with Gasteiger partial charge in [-0.2, -0.15) is 4.68 Å². The van der Waals surface area contributed by atoms with E-state index in [2.05, 4.69) is 20.8 Å². The minimum absolute atomic E-state index is 0.263. The van der Waals surface area contributed by atoms with Crippen molar-refractivity contribution in [2.45, 2.75) is 13.8 Å². The Kier molecular flexibility index (Phi) is 5.69. The lowest BCUT2D eigenvalue weighted by Crippen LogP contribution is -2.09. The van der Waals surface area contributed by atoms with Crippen LogP contribution in [0.15, 0.2) is 42.5 Å². The van der Waals surface area contributed by atoms with Crippen molar-refractivity contribution >= 4 is 17.7 Å². The maximum atomic E-state index is 12.3. The number of hydrogen-bond acceptors (Lipinski definition) is 6. The first-order valence-electron chi connectivity index (χ1n) is 8.59. The number of hydrogen-bond donors (Lipinski definition) is 1. The van der Waals surface area contributed by atoms with E-state index in [9.17, 15) is 4.79 Å². The van der Waals surface area contributed by atoms with E-state index in [-0.39, 0.29) is 5.91 Å². The van der Waals surface area contributed by atoms with E-state index in [0.717, 1.165) is 16.8 Å². The van der Waals surface area contributed by atoms with Crippen molar-refractivity contribution in [1.29, 1.82) is 0 Å². The van der Waals surface area contributed by atoms with Crippen molar-refractivity contribution in [2.75, 3.05) is 19.5 Å². The van der Waals surface area contributed by atoms with Crippen LogP contribution < -0.4 is 14.8 Å². The molecule has 0 radical (unpaired) electrons. The third-order valence-electron chi connectivity index (χ3n) is 4.19. The maximum absolute atomic E-state index is 12.3. The molecule has 0 bridgehead atoms. The van der Waals surface area contributed by atoms with E-state index >= 15 is 0 Å². The Balaban J connectivity index is 1.77. The van der Waals surface area contributed by atoms with Crippen molar-refractivity contribution in [3.63, 3.8) is 0 Å². The predicted octanol–water partition coefficient (Wildman–Crippen LogP) is 2.95. The number of ether oxygens (including phenoxy) is 2. The summed E-state index contributed by atoms with van der Waals surface area (Å²) in [5.41, 5.74) is 3.22. The molecule has 0 fully saturated rings. The van der Waals surface area contributed by atoms with Crippen LogP contribution in [0.4, 0.5) is 5.69 Å². The number of aryl methyl sites for hydroxylation is 2. The Labute approximate surface area is 162 Å². The molecule has 1 amide bonds. The number of nitrogens with zero attached hydrogens (tertiary/aromatic N) is 4. The van der Waals surface area contributed by atoms with Gasteiger partial charge >= 0.3 is 0 Å². The summed E-state index contributed by atoms with van der Waals surface area (Å²) in [6, 6.07) is 11.0. The highest BCUT2D eigenvalue weighted by atomic mass is 16.5. The van der Waals surface area contributed by atoms with Crippen LogP contribution in [-0.4, -0.2) is 40.3 Å². The molecule has 8 heteroatoms. The van der Waals surface area contributed by atoms with E-state index in [1.807, 2.05) is 38.1 Å². The molecule has 0 aliphatic rings. The van der Waals surface area contributed by atoms with E-state index in [1.54, 1.807) is 37.1 Å². The Morgan fingerprint density at radius 2 is 1.93 bits per heavy atom. The Morgan fingerprint density at radius 3 is 2.61 bits per heavy atom. The van der Waals surface area contributed by atoms with Gasteiger partial charge in [-0.25, -0.2) is 0 Å². The average Bonchev–Trinajstić information content (AvgIpc) is 3.13. The minimum Gasteiger partial charge on any atom is -0.497 e. The average molecular weight is 379 g/mol. The van der Waals surface area contributed by atoms with Crippen LogP contribution in [0.25, 0.3) is 11.8 Å². The fourth-order valence-corrected chi connectivity index (χ4v) is 2.68. The van der Waals surface area contributed by atoms with Crippen molar-refractivity contribution < 1.29 is 14.3 Å². The zero-order valence-corrected chi connectivity index (χ0v) is 16.1. The number of nitrogens with one attached hydrogen (secondary N) is 1. The fourth-order valence-electron chi connectivity index (χ4n) is 2.68. The molecule has 0 aliphatic carbocycles. The summed E-state index contributed by atoms with van der Waals surface area (Å²) in [6.45, 7) is 3.77. The second-order valence-corrected chi connectivity index (χ2v) is 6.07. The largest absolute Gasteiger partial charge is 0.497 e. The minimum atomic E-state index is -0.263. The summed E-state index contributed by atoms with van der Waals surface area (Å²) in [4.78, 5) is 12.3. The van der Waals surface area contributed by atoms with Gasteiger partial charge in [0, 0.05) is 23.4 Å². The molecule has 0 atom stereocenters. The zero-order chi connectivity index (χ0) is 20.1. The SMILES string of the molecule is COc1ccc(/C=C\C(=O)Nc2ccc(C)c(-n3nnnc3C)c2)c(OC)c1. The van der Waals surface area contributed by atoms with E-state index in [4.69, 9.17) is 9.47 Å². The summed E-state index contributed by atoms with van der Waals surface area (Å²) < 4.78 is 12.1. The second-order valence-electron chi connectivity index (χ2n) is 6.07. The standard InChI is InChI=1S/C20H21N5O3/c1-13-5-8-16(11-18(13)25-14(2)22-23-24-25)21-20(26)10-7-15-6-9-17(27-3)12-19(15)28-4/h5-12H,1-4H3,(H,21,26)/b10-7-. The number of benzene rings is 2. The molecule has 2 aromatic carbocycles. The molecule has 3 rings (SSSR count). The number of amides is 1. The molecule has 1 heterocycles. The van der Waals surface area contributed by atoms with Gasteiger partial charge in [0.2, 0.25) is 5.91 Å². The third-order valence-corrected chi connectivity index (χ3v) is 4.19. The number of carbonyl (C=O) groups is 1. The summed E-state index contributed by atoms with van der Waals surface area (Å²) in [5.74, 6) is 1.71. The van der Waals surface area contributed by atoms with Crippen molar-refractivity contribution in [3.05, 3.63) is 59.4 Å². The van der Waals surface area contributed by atoms with Crippen LogP contribution in [0.1, 0.15) is 17.0 Å². The zero-order valence-electron chi connectivity index (χ0n) is 16.1. The maximum Gasteiger partial charge on any atom is 0.248 e. The van der Waals surface area contributed by atoms with E-state index in [0.29, 0.717) is 23.0 Å². The number of aromatic nitrogens is 4. The normalized spacial score (nSPS) is 10.9. The first-order valence-corrected chi connectivity index (χ1v) is 8.59. The Bertz CT molecular complexity index is 1030. The quantitative estimate of drug-likeness (QED) is 0.662. The number of tetrazole rings is 1. The van der Waals surface area contributed by atoms with Crippen LogP contribution in [0.3, 0.4) is 0 Å². The molecular formula is C20H21N5O3. The van der Waals surface area contributed by atoms with Gasteiger partial charge in [-0.05, 0) is 60.2 Å². The Morgan fingerprint density at radius 1 is 1.11 bits per heavy atom. The second kappa shape index (κ2) is 8.34. The molecule has 1 N–H and O–H groups in total. The molecule has 0 saturated heterocycles. The van der Waals surface area contributed by atoms with Crippen LogP contribution >= 0.6 is 0 Å². The van der Waals surface area contributed by atoms with E-state index in [1.165, 1.54) is 6.08 Å². The monoisotopic (exact) mass is 379 g/mol. The summed E-state index contributed by atoms with van der Waals surface area (Å²) >= 11 is 0. The number of anilines is 1. The van der Waals surface area contributed by atoms with Crippen LogP contribution in [-0.2, 0) is 4.79 Å². The van der Waals surface area contributed by atoms with Crippen molar-refractivity contribution in [3.8, 4) is 17.2 Å². The predicted molar refractivity (Wildman–Crippen MR) is 106 cm³/mol. The summed E-state index contributed by atoms with van der Waals surface area (Å²) in [5, 5.41) is 14.4. The molecule has 3 aromatic rings. The summed E-state index contributed by atoms with van der Waals surface area (Å²) in [6.07, 6.45) is 3.14. The highest BCUT2D eigenvalue weighted by Gasteiger charge is 2.09. The highest BCUT2D eigenvalue weighted by Crippen LogP contribution is 2.25. The van der Waals surface area contributed by atoms with Crippen LogP contribution in [0, 0.1) is 13.8 Å². The lowest BCUT2D eigenvalue weighted by Gasteiger charge is -2.10. The van der Waals surface area contributed by atoms with Crippen molar-refractivity contribution in [2.24, 2.45) is 0 Å². The van der Waals surface area contributed by atoms with Gasteiger partial charge in [0.05, 0.1) is 19.9 Å². The van der Waals surface area contributed by atoms with Gasteiger partial charge in [-0.15, -0.1) is 5.10 Å². The molecule has 8 nitrogen and oxygen atoms in total. The van der Waals surface area contributed by atoms with E-state index < -0.39 is 0 Å². The molecule has 144 valence electrons. The number of carbonyl (C=O) groups excluding carboxylic acids is 1. The molecule has 0 saturated carbocycles. The van der Waals surface area contributed by atoms with Gasteiger partial charge in [-0.3, -0.25) is 4.79 Å². The third kappa shape index (κ3) is 4.17. The molecule has 28 heavy (non-hydrogen) atoms. The number of rotatable bonds is 6. The van der Waals surface area contributed by atoms with Crippen LogP contribution in [0.5, 0.6) is 11.5 Å². The fraction of sp³-hybridized carbons (Fsp3) is 0.200. The van der Waals surface area contributed by atoms with Crippen LogP contribution in [0.2, 0.25) is 0 Å². The lowest BCUT2D eigenvalue weighted by molar-refractivity contribution is -0.111. The molecule has 0 aliphatic heterocycles. The van der Waals surface area contributed by atoms with Gasteiger partial charge in [0.1, 0.15) is 11.5 Å². The highest BCUT2D eigenvalue weighted by molar-refractivity contribution is 6.02.